The van der Waals surface area contributed by atoms with Crippen molar-refractivity contribution in [2.45, 2.75) is 24.5 Å². The summed E-state index contributed by atoms with van der Waals surface area (Å²) in [5.74, 6) is 3.48. The van der Waals surface area contributed by atoms with E-state index in [1.807, 2.05) is 0 Å². The van der Waals surface area contributed by atoms with E-state index in [2.05, 4.69) is 49.0 Å². The van der Waals surface area contributed by atoms with Crippen LogP contribution in [0.2, 0.25) is 11.6 Å². The van der Waals surface area contributed by atoms with E-state index >= 15 is 0 Å². The normalized spacial score (nSPS) is 30.9. The molecule has 2 aliphatic carbocycles. The van der Waals surface area contributed by atoms with E-state index in [0.29, 0.717) is 18.3 Å². The molecule has 1 aliphatic heterocycles. The molecule has 2 unspecified atom stereocenters. The second kappa shape index (κ2) is 4.01. The van der Waals surface area contributed by atoms with Crippen LogP contribution in [0.3, 0.4) is 0 Å². The number of hydrogen-bond donors (Lipinski definition) is 0. The summed E-state index contributed by atoms with van der Waals surface area (Å²) in [7, 11) is 1.22. The average Bonchev–Trinajstić information content (AvgIpc) is 2.36. The van der Waals surface area contributed by atoms with Crippen molar-refractivity contribution in [3.63, 3.8) is 0 Å². The Kier molecular flexibility index (Phi) is 2.51. The first-order valence-electron chi connectivity index (χ1n) is 6.27. The van der Waals surface area contributed by atoms with Crippen molar-refractivity contribution in [3.8, 4) is 0 Å². The topological polar surface area (TPSA) is 0 Å². The molecule has 0 aromatic rings. The second-order valence-electron chi connectivity index (χ2n) is 4.94. The summed E-state index contributed by atoms with van der Waals surface area (Å²) in [5.41, 5.74) is 3.14. The molecule has 78 valence electrons. The van der Waals surface area contributed by atoms with Crippen molar-refractivity contribution in [3.05, 3.63) is 60.0 Å². The Labute approximate surface area is 98.8 Å². The molecule has 1 heterocycles. The van der Waals surface area contributed by atoms with Gasteiger partial charge in [-0.25, -0.2) is 0 Å². The van der Waals surface area contributed by atoms with Crippen LogP contribution >= 0.6 is 0 Å². The summed E-state index contributed by atoms with van der Waals surface area (Å²) in [6, 6.07) is 0. The van der Waals surface area contributed by atoms with Gasteiger partial charge in [-0.05, 0) is 24.5 Å². The van der Waals surface area contributed by atoms with Gasteiger partial charge in [-0.3, -0.25) is 0 Å². The molecular formula is C14H16B2. The summed E-state index contributed by atoms with van der Waals surface area (Å²) in [4.78, 5) is 0. The molecule has 0 aromatic heterocycles. The van der Waals surface area contributed by atoms with Crippen LogP contribution < -0.4 is 0 Å². The molecule has 0 bridgehead atoms. The summed E-state index contributed by atoms with van der Waals surface area (Å²) < 4.78 is 0. The summed E-state index contributed by atoms with van der Waals surface area (Å²) in [6.45, 7) is 4.57. The monoisotopic (exact) mass is 206 g/mol. The zero-order valence-electron chi connectivity index (χ0n) is 9.60. The predicted molar refractivity (Wildman–Crippen MR) is 74.3 cm³/mol. The first-order chi connectivity index (χ1) is 7.90. The van der Waals surface area contributed by atoms with Crippen LogP contribution in [0.1, 0.15) is 12.8 Å². The van der Waals surface area contributed by atoms with Crippen LogP contribution in [0.4, 0.5) is 0 Å². The predicted octanol–water partition coefficient (Wildman–Crippen LogP) is 3.08. The fraction of sp³-hybridized carbons (Fsp3) is 0.286. The second-order valence-corrected chi connectivity index (χ2v) is 4.94. The van der Waals surface area contributed by atoms with E-state index in [-0.39, 0.29) is 0 Å². The van der Waals surface area contributed by atoms with Gasteiger partial charge in [0.15, 0.2) is 7.28 Å². The highest BCUT2D eigenvalue weighted by molar-refractivity contribution is 6.81. The number of fused-ring (bicyclic) bond motifs is 2. The zero-order valence-corrected chi connectivity index (χ0v) is 9.60. The lowest BCUT2D eigenvalue weighted by molar-refractivity contribution is 0.956. The summed E-state index contributed by atoms with van der Waals surface area (Å²) >= 11 is 0. The van der Waals surface area contributed by atoms with Gasteiger partial charge in [0.05, 0.1) is 0 Å². The molecule has 0 saturated carbocycles. The molecule has 0 N–H and O–H groups in total. The van der Waals surface area contributed by atoms with Crippen molar-refractivity contribution in [1.82, 2.24) is 0 Å². The third kappa shape index (κ3) is 1.48. The smallest absolute Gasteiger partial charge is 0.117 e. The van der Waals surface area contributed by atoms with Crippen LogP contribution in [0.5, 0.6) is 0 Å². The van der Waals surface area contributed by atoms with Gasteiger partial charge in [-0.15, -0.1) is 12.6 Å². The number of rotatable bonds is 1. The van der Waals surface area contributed by atoms with Crippen molar-refractivity contribution in [2.75, 3.05) is 0 Å². The van der Waals surface area contributed by atoms with Gasteiger partial charge >= 0.3 is 0 Å². The largest absolute Gasteiger partial charge is 0.206 e. The summed E-state index contributed by atoms with van der Waals surface area (Å²) in [5, 5.41) is 0. The Morgan fingerprint density at radius 1 is 1.25 bits per heavy atom. The molecule has 0 spiro atoms. The lowest BCUT2D eigenvalue weighted by Gasteiger charge is -2.37. The standard InChI is InChI=1S/C14H16B2/c1-2-16-13-9-5-3-7-11(13)15-12-8-4-6-10-14(12)16/h2-3,5,7-11,13,15H,1,4,6H2. The van der Waals surface area contributed by atoms with Crippen LogP contribution in [0, 0.1) is 0 Å². The lowest BCUT2D eigenvalue weighted by Crippen LogP contribution is -2.35. The lowest BCUT2D eigenvalue weighted by atomic mass is 9.22. The number of allylic oxidation sites excluding steroid dienone is 8. The minimum Gasteiger partial charge on any atom is -0.117 e. The fourth-order valence-electron chi connectivity index (χ4n) is 3.30. The van der Waals surface area contributed by atoms with E-state index < -0.39 is 0 Å². The Hall–Kier alpha value is -1.17. The van der Waals surface area contributed by atoms with Crippen LogP contribution in [0.25, 0.3) is 0 Å². The van der Waals surface area contributed by atoms with Gasteiger partial charge in [0.2, 0.25) is 6.71 Å². The molecule has 0 nitrogen and oxygen atoms in total. The molecule has 3 rings (SSSR count). The van der Waals surface area contributed by atoms with E-state index in [4.69, 9.17) is 0 Å². The van der Waals surface area contributed by atoms with Gasteiger partial charge in [0.25, 0.3) is 0 Å². The zero-order chi connectivity index (χ0) is 11.0. The van der Waals surface area contributed by atoms with Crippen molar-refractivity contribution in [2.24, 2.45) is 0 Å². The molecule has 2 atom stereocenters. The molecule has 0 radical (unpaired) electrons. The maximum atomic E-state index is 4.04. The molecular weight excluding hydrogens is 190 g/mol. The van der Waals surface area contributed by atoms with Crippen LogP contribution in [-0.4, -0.2) is 14.0 Å². The van der Waals surface area contributed by atoms with Crippen LogP contribution in [-0.2, 0) is 0 Å². The third-order valence-corrected chi connectivity index (χ3v) is 4.07. The van der Waals surface area contributed by atoms with Crippen LogP contribution in [0.15, 0.2) is 60.0 Å². The van der Waals surface area contributed by atoms with Gasteiger partial charge in [0, 0.05) is 0 Å². The van der Waals surface area contributed by atoms with Crippen molar-refractivity contribution >= 4 is 14.0 Å². The third-order valence-electron chi connectivity index (χ3n) is 4.07. The average molecular weight is 206 g/mol. The van der Waals surface area contributed by atoms with E-state index in [0.717, 1.165) is 0 Å². The van der Waals surface area contributed by atoms with E-state index in [1.54, 1.807) is 10.9 Å². The van der Waals surface area contributed by atoms with Crippen molar-refractivity contribution in [1.29, 1.82) is 0 Å². The number of hydrogen-bond acceptors (Lipinski definition) is 0. The van der Waals surface area contributed by atoms with Gasteiger partial charge in [-0.2, -0.15) is 0 Å². The van der Waals surface area contributed by atoms with Gasteiger partial charge in [0.1, 0.15) is 0 Å². The Balaban J connectivity index is 2.01. The molecule has 1 saturated heterocycles. The highest BCUT2D eigenvalue weighted by Crippen LogP contribution is 2.44. The first kappa shape index (κ1) is 10.0. The molecule has 0 aromatic carbocycles. The minimum atomic E-state index is 0.534. The molecule has 3 aliphatic rings. The maximum Gasteiger partial charge on any atom is 0.206 e. The first-order valence-corrected chi connectivity index (χ1v) is 6.27. The van der Waals surface area contributed by atoms with E-state index in [1.165, 1.54) is 20.1 Å². The SMILES string of the molecule is C=CB1C2=CCCC=C2BC2C=CC=CC12. The highest BCUT2D eigenvalue weighted by atomic mass is 14.2. The molecule has 2 heteroatoms. The molecule has 16 heavy (non-hydrogen) atoms. The molecule has 1 fully saturated rings. The highest BCUT2D eigenvalue weighted by Gasteiger charge is 2.38. The van der Waals surface area contributed by atoms with Crippen molar-refractivity contribution < 1.29 is 0 Å². The maximum absolute atomic E-state index is 4.04. The Morgan fingerprint density at radius 3 is 2.94 bits per heavy atom. The Morgan fingerprint density at radius 2 is 2.06 bits per heavy atom. The van der Waals surface area contributed by atoms with Gasteiger partial charge < -0.3 is 0 Å². The summed E-state index contributed by atoms with van der Waals surface area (Å²) in [6.07, 6.45) is 16.4. The van der Waals surface area contributed by atoms with E-state index in [9.17, 15) is 0 Å². The molecule has 0 amide bonds. The van der Waals surface area contributed by atoms with Gasteiger partial charge in [-0.1, -0.05) is 47.4 Å². The minimum absolute atomic E-state index is 0.534. The quantitative estimate of drug-likeness (QED) is 0.578. The Bertz CT molecular complexity index is 426. The fourth-order valence-corrected chi connectivity index (χ4v) is 3.30.